The second kappa shape index (κ2) is 12.4. The topological polar surface area (TPSA) is 335 Å². The molecule has 218 valence electrons. The lowest BCUT2D eigenvalue weighted by Gasteiger charge is -2.48. The molecule has 2 saturated heterocycles. The van der Waals surface area contributed by atoms with E-state index < -0.39 is 106 Å². The molecule has 1 aliphatic carbocycles. The number of phosphoric ester groups is 1. The van der Waals surface area contributed by atoms with Crippen molar-refractivity contribution < 1.29 is 63.4 Å². The maximum Gasteiger partial charge on any atom is 0.470 e. The van der Waals surface area contributed by atoms with Crippen LogP contribution in [0, 0.1) is 0 Å². The van der Waals surface area contributed by atoms with Crippen molar-refractivity contribution >= 4 is 7.82 Å². The summed E-state index contributed by atoms with van der Waals surface area (Å²) in [5.41, 5.74) is 29.7. The van der Waals surface area contributed by atoms with Gasteiger partial charge in [-0.2, -0.15) is 0 Å². The Kier molecular flexibility index (Phi) is 10.4. The van der Waals surface area contributed by atoms with E-state index in [1.165, 1.54) is 0 Å². The fourth-order valence-corrected chi connectivity index (χ4v) is 5.31. The summed E-state index contributed by atoms with van der Waals surface area (Å²) in [4.78, 5) is 18.4. The molecule has 1 saturated carbocycles. The SMILES string of the molecule is NC[C@H]1O[C@H](O[C@H]2[C@H](O)[C@@H](O[C@@H]3O[C@H](CO)[C@@H](O)[C@H](N)[C@H]3O)[C@H](N)C[C@@H]2N)[C@H](N)[C@@H](OP(=O)(O)O)[C@@H]1O. The van der Waals surface area contributed by atoms with Gasteiger partial charge in [-0.25, -0.2) is 4.57 Å². The van der Waals surface area contributed by atoms with E-state index in [1.807, 2.05) is 0 Å². The summed E-state index contributed by atoms with van der Waals surface area (Å²) in [7, 11) is -5.09. The third kappa shape index (κ3) is 6.83. The molecule has 0 aromatic carbocycles. The van der Waals surface area contributed by atoms with E-state index in [9.17, 15) is 39.9 Å². The predicted molar refractivity (Wildman–Crippen MR) is 121 cm³/mol. The van der Waals surface area contributed by atoms with Crippen LogP contribution in [0.1, 0.15) is 6.42 Å². The van der Waals surface area contributed by atoms with Gasteiger partial charge >= 0.3 is 7.82 Å². The summed E-state index contributed by atoms with van der Waals surface area (Å²) in [5, 5.41) is 51.3. The Balaban J connectivity index is 1.76. The Labute approximate surface area is 211 Å². The second-order valence-electron chi connectivity index (χ2n) is 9.45. The predicted octanol–water partition coefficient (Wildman–Crippen LogP) is -7.21. The van der Waals surface area contributed by atoms with Crippen molar-refractivity contribution in [3.63, 3.8) is 0 Å². The molecular weight excluding hydrogens is 525 g/mol. The first-order valence-electron chi connectivity index (χ1n) is 11.6. The Bertz CT molecular complexity index is 797. The highest BCUT2D eigenvalue weighted by Crippen LogP contribution is 2.41. The summed E-state index contributed by atoms with van der Waals surface area (Å²) in [6.07, 6.45) is -15.6. The zero-order valence-electron chi connectivity index (χ0n) is 19.7. The fourth-order valence-electron chi connectivity index (χ4n) is 4.72. The molecule has 3 rings (SSSR count). The van der Waals surface area contributed by atoms with Crippen LogP contribution in [0.3, 0.4) is 0 Å². The quantitative estimate of drug-likeness (QED) is 0.122. The van der Waals surface area contributed by atoms with E-state index in [0.717, 1.165) is 0 Å². The largest absolute Gasteiger partial charge is 0.470 e. The second-order valence-corrected chi connectivity index (χ2v) is 10.6. The average Bonchev–Trinajstić information content (AvgIpc) is 2.82. The van der Waals surface area contributed by atoms with Gasteiger partial charge in [-0.05, 0) is 6.42 Å². The van der Waals surface area contributed by atoms with E-state index in [-0.39, 0.29) is 13.0 Å². The molecule has 2 heterocycles. The zero-order chi connectivity index (χ0) is 27.8. The normalized spacial score (nSPS) is 49.7. The maximum atomic E-state index is 11.4. The molecule has 37 heavy (non-hydrogen) atoms. The summed E-state index contributed by atoms with van der Waals surface area (Å²) < 4.78 is 38.5. The van der Waals surface area contributed by atoms with Crippen LogP contribution >= 0.6 is 7.82 Å². The van der Waals surface area contributed by atoms with Crippen molar-refractivity contribution in [2.45, 2.75) is 98.1 Å². The molecule has 2 aliphatic heterocycles. The molecule has 0 radical (unpaired) electrons. The standard InChI is InChI=1S/C18H38N5O13P/c19-2-6-11(26)16(36-37(29,30)31)9(23)17(32-6)34-14-4(20)1-5(21)15(13(14)28)35-18-12(27)8(22)10(25)7(3-24)33-18/h4-18,24-28H,1-3,19-23H2,(H2,29,30,31)/t4-,5+,6+,7+,8-,9+,10+,11+,12+,13-,14+,15-,16+,17+,18-/m0/s1. The summed E-state index contributed by atoms with van der Waals surface area (Å²) in [5.74, 6) is 0. The lowest BCUT2D eigenvalue weighted by atomic mass is 9.84. The van der Waals surface area contributed by atoms with Crippen LogP contribution in [0.4, 0.5) is 0 Å². The highest BCUT2D eigenvalue weighted by Gasteiger charge is 2.52. The van der Waals surface area contributed by atoms with Crippen LogP contribution in [0.5, 0.6) is 0 Å². The minimum Gasteiger partial charge on any atom is -0.394 e. The summed E-state index contributed by atoms with van der Waals surface area (Å²) in [6, 6.07) is -4.48. The van der Waals surface area contributed by atoms with Gasteiger partial charge in [0.1, 0.15) is 54.9 Å². The van der Waals surface area contributed by atoms with Crippen molar-refractivity contribution in [1.82, 2.24) is 0 Å². The minimum absolute atomic E-state index is 0.0284. The lowest BCUT2D eigenvalue weighted by molar-refractivity contribution is -0.318. The van der Waals surface area contributed by atoms with Crippen molar-refractivity contribution in [1.29, 1.82) is 0 Å². The van der Waals surface area contributed by atoms with Crippen LogP contribution in [-0.2, 0) is 28.0 Å². The van der Waals surface area contributed by atoms with Crippen LogP contribution in [0.2, 0.25) is 0 Å². The van der Waals surface area contributed by atoms with Crippen molar-refractivity contribution in [3.05, 3.63) is 0 Å². The van der Waals surface area contributed by atoms with Gasteiger partial charge in [-0.15, -0.1) is 0 Å². The van der Waals surface area contributed by atoms with Crippen LogP contribution in [0.25, 0.3) is 0 Å². The molecule has 0 unspecified atom stereocenters. The molecule has 15 atom stereocenters. The third-order valence-corrected chi connectivity index (χ3v) is 7.31. The summed E-state index contributed by atoms with van der Waals surface area (Å²) >= 11 is 0. The molecule has 0 aromatic rings. The Morgan fingerprint density at radius 2 is 1.30 bits per heavy atom. The molecule has 0 amide bonds. The number of rotatable bonds is 8. The van der Waals surface area contributed by atoms with Gasteiger partial charge in [0, 0.05) is 18.6 Å². The molecule has 0 aromatic heterocycles. The molecule has 0 bridgehead atoms. The smallest absolute Gasteiger partial charge is 0.394 e. The average molecular weight is 563 g/mol. The van der Waals surface area contributed by atoms with Gasteiger partial charge in [0.15, 0.2) is 12.6 Å². The lowest BCUT2D eigenvalue weighted by Crippen LogP contribution is -2.69. The van der Waals surface area contributed by atoms with Crippen molar-refractivity contribution in [2.75, 3.05) is 13.2 Å². The number of hydrogen-bond acceptors (Lipinski definition) is 16. The van der Waals surface area contributed by atoms with Crippen LogP contribution < -0.4 is 28.7 Å². The van der Waals surface area contributed by atoms with E-state index in [0.29, 0.717) is 0 Å². The third-order valence-electron chi connectivity index (χ3n) is 6.79. The first-order chi connectivity index (χ1) is 17.2. The minimum atomic E-state index is -5.09. The van der Waals surface area contributed by atoms with Gasteiger partial charge in [-0.1, -0.05) is 0 Å². The highest BCUT2D eigenvalue weighted by molar-refractivity contribution is 7.46. The number of ether oxygens (including phenoxy) is 4. The van der Waals surface area contributed by atoms with Crippen LogP contribution in [0.15, 0.2) is 0 Å². The van der Waals surface area contributed by atoms with Gasteiger partial charge < -0.3 is 82.9 Å². The number of aliphatic hydroxyl groups excluding tert-OH is 5. The van der Waals surface area contributed by atoms with Gasteiger partial charge in [0.25, 0.3) is 0 Å². The molecule has 17 N–H and O–H groups in total. The number of hydrogen-bond donors (Lipinski definition) is 12. The molecule has 19 heteroatoms. The zero-order valence-corrected chi connectivity index (χ0v) is 20.6. The van der Waals surface area contributed by atoms with Crippen molar-refractivity contribution in [2.24, 2.45) is 28.7 Å². The van der Waals surface area contributed by atoms with Gasteiger partial charge in [0.2, 0.25) is 0 Å². The molecule has 18 nitrogen and oxygen atoms in total. The Morgan fingerprint density at radius 3 is 1.81 bits per heavy atom. The highest BCUT2D eigenvalue weighted by atomic mass is 31.2. The van der Waals surface area contributed by atoms with Crippen LogP contribution in [-0.4, -0.2) is 140 Å². The molecule has 0 spiro atoms. The molecule has 3 fully saturated rings. The number of nitrogens with two attached hydrogens (primary N) is 5. The number of aliphatic hydroxyl groups is 5. The fraction of sp³-hybridized carbons (Fsp3) is 1.00. The summed E-state index contributed by atoms with van der Waals surface area (Å²) in [6.45, 7) is -0.917. The van der Waals surface area contributed by atoms with Gasteiger partial charge in [0.05, 0.1) is 18.7 Å². The maximum absolute atomic E-state index is 11.4. The molecule has 3 aliphatic rings. The van der Waals surface area contributed by atoms with E-state index in [2.05, 4.69) is 4.52 Å². The van der Waals surface area contributed by atoms with E-state index in [4.69, 9.17) is 47.6 Å². The first kappa shape index (κ1) is 31.1. The van der Waals surface area contributed by atoms with Gasteiger partial charge in [-0.3, -0.25) is 4.52 Å². The van der Waals surface area contributed by atoms with Crippen molar-refractivity contribution in [3.8, 4) is 0 Å². The molecular formula is C18H38N5O13P. The monoisotopic (exact) mass is 563 g/mol. The number of phosphoric acid groups is 1. The van der Waals surface area contributed by atoms with E-state index in [1.54, 1.807) is 0 Å². The Morgan fingerprint density at radius 1 is 0.757 bits per heavy atom. The van der Waals surface area contributed by atoms with E-state index >= 15 is 0 Å². The first-order valence-corrected chi connectivity index (χ1v) is 13.1. The Hall–Kier alpha value is -0.450.